The number of carbonyl (C=O) groups is 2. The van der Waals surface area contributed by atoms with E-state index in [1.807, 2.05) is 67.6 Å². The molecular formula is C29H27NO6. The molecule has 4 rings (SSSR count). The lowest BCUT2D eigenvalue weighted by Gasteiger charge is -2.19. The Kier molecular flexibility index (Phi) is 7.80. The van der Waals surface area contributed by atoms with Crippen molar-refractivity contribution in [2.24, 2.45) is 0 Å². The summed E-state index contributed by atoms with van der Waals surface area (Å²) in [5.74, 6) is -0.409. The van der Waals surface area contributed by atoms with Crippen molar-refractivity contribution in [2.75, 3.05) is 0 Å². The molecule has 0 aliphatic rings. The van der Waals surface area contributed by atoms with Crippen LogP contribution in [0.1, 0.15) is 29.2 Å². The zero-order chi connectivity index (χ0) is 25.5. The number of rotatable bonds is 8. The second kappa shape index (κ2) is 11.4. The SMILES string of the molecule is CCc1cc(=O)oc2c(C)c(OC(=O)[C@@H](Cc3ccccc3)NC(=O)OCc3ccccc3)ccc12. The highest BCUT2D eigenvalue weighted by atomic mass is 16.6. The molecule has 0 saturated heterocycles. The topological polar surface area (TPSA) is 94.8 Å². The summed E-state index contributed by atoms with van der Waals surface area (Å²) in [6.07, 6.45) is 0.141. The van der Waals surface area contributed by atoms with Gasteiger partial charge in [0, 0.05) is 23.4 Å². The Balaban J connectivity index is 1.54. The number of ether oxygens (including phenoxy) is 2. The van der Waals surface area contributed by atoms with Crippen LogP contribution in [0.25, 0.3) is 11.0 Å². The minimum absolute atomic E-state index is 0.0718. The number of aryl methyl sites for hydroxylation is 2. The number of nitrogens with one attached hydrogen (secondary N) is 1. The number of carbonyl (C=O) groups excluding carboxylic acids is 2. The van der Waals surface area contributed by atoms with Crippen molar-refractivity contribution < 1.29 is 23.5 Å². The Hall–Kier alpha value is -4.39. The number of fused-ring (bicyclic) bond motifs is 1. The predicted octanol–water partition coefficient (Wildman–Crippen LogP) is 5.11. The molecule has 7 heteroatoms. The number of esters is 1. The van der Waals surface area contributed by atoms with E-state index in [4.69, 9.17) is 13.9 Å². The van der Waals surface area contributed by atoms with Crippen LogP contribution in [0.2, 0.25) is 0 Å². The van der Waals surface area contributed by atoms with Gasteiger partial charge in [-0.05, 0) is 42.2 Å². The van der Waals surface area contributed by atoms with E-state index in [1.165, 1.54) is 6.07 Å². The van der Waals surface area contributed by atoms with Gasteiger partial charge in [-0.15, -0.1) is 0 Å². The second-order valence-electron chi connectivity index (χ2n) is 8.38. The Morgan fingerprint density at radius 1 is 0.944 bits per heavy atom. The fraction of sp³-hybridized carbons (Fsp3) is 0.207. The number of amides is 1. The van der Waals surface area contributed by atoms with Crippen LogP contribution in [0.4, 0.5) is 4.79 Å². The van der Waals surface area contributed by atoms with E-state index in [9.17, 15) is 14.4 Å². The van der Waals surface area contributed by atoms with Crippen molar-refractivity contribution in [1.29, 1.82) is 0 Å². The molecule has 0 aliphatic heterocycles. The number of hydrogen-bond donors (Lipinski definition) is 1. The third-order valence-electron chi connectivity index (χ3n) is 5.86. The molecule has 0 unspecified atom stereocenters. The third kappa shape index (κ3) is 5.99. The smallest absolute Gasteiger partial charge is 0.408 e. The maximum Gasteiger partial charge on any atom is 0.408 e. The molecule has 36 heavy (non-hydrogen) atoms. The molecule has 0 fully saturated rings. The molecule has 0 bridgehead atoms. The van der Waals surface area contributed by atoms with Gasteiger partial charge in [0.15, 0.2) is 0 Å². The van der Waals surface area contributed by atoms with E-state index in [1.54, 1.807) is 19.1 Å². The van der Waals surface area contributed by atoms with E-state index in [-0.39, 0.29) is 18.8 Å². The summed E-state index contributed by atoms with van der Waals surface area (Å²) in [6, 6.07) is 22.5. The van der Waals surface area contributed by atoms with Gasteiger partial charge < -0.3 is 19.2 Å². The first kappa shape index (κ1) is 24.7. The maximum atomic E-state index is 13.2. The molecule has 1 N–H and O–H groups in total. The van der Waals surface area contributed by atoms with Gasteiger partial charge >= 0.3 is 17.7 Å². The lowest BCUT2D eigenvalue weighted by atomic mass is 10.0. The van der Waals surface area contributed by atoms with Crippen LogP contribution in [-0.4, -0.2) is 18.1 Å². The maximum absolute atomic E-state index is 13.2. The molecule has 0 aliphatic carbocycles. The van der Waals surface area contributed by atoms with E-state index in [0.29, 0.717) is 17.6 Å². The molecule has 184 valence electrons. The van der Waals surface area contributed by atoms with E-state index < -0.39 is 23.7 Å². The van der Waals surface area contributed by atoms with Gasteiger partial charge in [-0.3, -0.25) is 0 Å². The predicted molar refractivity (Wildman–Crippen MR) is 136 cm³/mol. The summed E-state index contributed by atoms with van der Waals surface area (Å²) in [5.41, 5.74) is 2.96. The van der Waals surface area contributed by atoms with Gasteiger partial charge in [-0.25, -0.2) is 14.4 Å². The summed E-state index contributed by atoms with van der Waals surface area (Å²) in [6.45, 7) is 3.75. The first-order chi connectivity index (χ1) is 17.4. The van der Waals surface area contributed by atoms with Gasteiger partial charge in [0.1, 0.15) is 24.0 Å². The van der Waals surface area contributed by atoms with Gasteiger partial charge in [0.25, 0.3) is 0 Å². The van der Waals surface area contributed by atoms with Crippen LogP contribution < -0.4 is 15.7 Å². The molecule has 0 spiro atoms. The lowest BCUT2D eigenvalue weighted by Crippen LogP contribution is -2.44. The van der Waals surface area contributed by atoms with Crippen molar-refractivity contribution in [2.45, 2.75) is 39.3 Å². The second-order valence-corrected chi connectivity index (χ2v) is 8.38. The largest absolute Gasteiger partial charge is 0.445 e. The van der Waals surface area contributed by atoms with Crippen LogP contribution >= 0.6 is 0 Å². The summed E-state index contributed by atoms with van der Waals surface area (Å²) in [7, 11) is 0. The fourth-order valence-electron chi connectivity index (χ4n) is 3.94. The van der Waals surface area contributed by atoms with Gasteiger partial charge in [0.2, 0.25) is 0 Å². The average molecular weight is 486 g/mol. The fourth-order valence-corrected chi connectivity index (χ4v) is 3.94. The minimum atomic E-state index is -1.00. The number of hydrogen-bond acceptors (Lipinski definition) is 6. The van der Waals surface area contributed by atoms with Crippen molar-refractivity contribution in [3.05, 3.63) is 112 Å². The average Bonchev–Trinajstić information content (AvgIpc) is 2.89. The van der Waals surface area contributed by atoms with Crippen LogP contribution in [0.15, 0.2) is 88.1 Å². The lowest BCUT2D eigenvalue weighted by molar-refractivity contribution is -0.136. The highest BCUT2D eigenvalue weighted by molar-refractivity contribution is 5.88. The zero-order valence-corrected chi connectivity index (χ0v) is 20.2. The van der Waals surface area contributed by atoms with Crippen molar-refractivity contribution in [3.8, 4) is 5.75 Å². The first-order valence-electron chi connectivity index (χ1n) is 11.7. The Labute approximate surface area is 208 Å². The van der Waals surface area contributed by atoms with E-state index in [0.717, 1.165) is 22.1 Å². The first-order valence-corrected chi connectivity index (χ1v) is 11.7. The molecule has 0 radical (unpaired) electrons. The van der Waals surface area contributed by atoms with Crippen LogP contribution in [-0.2, 0) is 29.0 Å². The molecule has 4 aromatic rings. The third-order valence-corrected chi connectivity index (χ3v) is 5.86. The standard InChI is InChI=1S/C29H27NO6/c1-3-22-17-26(31)36-27-19(2)25(15-14-23(22)27)35-28(32)24(16-20-10-6-4-7-11-20)30-29(33)34-18-21-12-8-5-9-13-21/h4-15,17,24H,3,16,18H2,1-2H3,(H,30,33)/t24-/m1/s1. The summed E-state index contributed by atoms with van der Waals surface area (Å²) < 4.78 is 16.4. The molecular weight excluding hydrogens is 458 g/mol. The Morgan fingerprint density at radius 3 is 2.28 bits per heavy atom. The van der Waals surface area contributed by atoms with Crippen molar-refractivity contribution >= 4 is 23.0 Å². The van der Waals surface area contributed by atoms with E-state index in [2.05, 4.69) is 5.32 Å². The highest BCUT2D eigenvalue weighted by Crippen LogP contribution is 2.29. The van der Waals surface area contributed by atoms with Crippen LogP contribution in [0.3, 0.4) is 0 Å². The normalized spacial score (nSPS) is 11.6. The molecule has 1 heterocycles. The van der Waals surface area contributed by atoms with Gasteiger partial charge in [-0.2, -0.15) is 0 Å². The van der Waals surface area contributed by atoms with E-state index >= 15 is 0 Å². The highest BCUT2D eigenvalue weighted by Gasteiger charge is 2.25. The summed E-state index contributed by atoms with van der Waals surface area (Å²) in [5, 5.41) is 3.42. The molecule has 1 amide bonds. The quantitative estimate of drug-likeness (QED) is 0.212. The Bertz CT molecular complexity index is 1410. The van der Waals surface area contributed by atoms with Crippen molar-refractivity contribution in [1.82, 2.24) is 5.32 Å². The monoisotopic (exact) mass is 485 g/mol. The summed E-state index contributed by atoms with van der Waals surface area (Å²) >= 11 is 0. The number of alkyl carbamates (subject to hydrolysis) is 1. The summed E-state index contributed by atoms with van der Waals surface area (Å²) in [4.78, 5) is 37.8. The van der Waals surface area contributed by atoms with Crippen LogP contribution in [0, 0.1) is 6.92 Å². The number of benzene rings is 3. The minimum Gasteiger partial charge on any atom is -0.445 e. The zero-order valence-electron chi connectivity index (χ0n) is 20.2. The molecule has 1 aromatic heterocycles. The van der Waals surface area contributed by atoms with Gasteiger partial charge in [0.05, 0.1) is 0 Å². The Morgan fingerprint density at radius 2 is 1.61 bits per heavy atom. The van der Waals surface area contributed by atoms with Crippen molar-refractivity contribution in [3.63, 3.8) is 0 Å². The van der Waals surface area contributed by atoms with Crippen LogP contribution in [0.5, 0.6) is 5.75 Å². The van der Waals surface area contributed by atoms with Gasteiger partial charge in [-0.1, -0.05) is 67.6 Å². The molecule has 7 nitrogen and oxygen atoms in total. The molecule has 1 atom stereocenters. The molecule has 0 saturated carbocycles. The molecule has 3 aromatic carbocycles.